The summed E-state index contributed by atoms with van der Waals surface area (Å²) in [5.41, 5.74) is 5.66. The summed E-state index contributed by atoms with van der Waals surface area (Å²) < 4.78 is 0. The Hall–Kier alpha value is -0.370. The van der Waals surface area contributed by atoms with Crippen molar-refractivity contribution in [1.29, 1.82) is 0 Å². The molecule has 0 saturated heterocycles. The molecule has 0 aromatic carbocycles. The minimum atomic E-state index is 0.124. The highest BCUT2D eigenvalue weighted by molar-refractivity contribution is 5.81. The molecule has 0 fully saturated rings. The molecular weight excluding hydrogens is 246 g/mol. The third-order valence-electron chi connectivity index (χ3n) is 4.15. The molecular formula is C18H37NO. The highest BCUT2D eigenvalue weighted by Gasteiger charge is 2.14. The van der Waals surface area contributed by atoms with Crippen LogP contribution in [0.15, 0.2) is 0 Å². The summed E-state index contributed by atoms with van der Waals surface area (Å²) in [7, 11) is 0. The van der Waals surface area contributed by atoms with E-state index in [0.29, 0.717) is 12.3 Å². The number of hydrogen-bond acceptors (Lipinski definition) is 2. The van der Waals surface area contributed by atoms with Crippen molar-refractivity contribution >= 4 is 5.78 Å². The summed E-state index contributed by atoms with van der Waals surface area (Å²) in [4.78, 5) is 11.9. The highest BCUT2D eigenvalue weighted by Crippen LogP contribution is 2.14. The van der Waals surface area contributed by atoms with Gasteiger partial charge in [-0.3, -0.25) is 4.79 Å². The van der Waals surface area contributed by atoms with Crippen LogP contribution in [0.1, 0.15) is 97.3 Å². The molecule has 0 heterocycles. The van der Waals surface area contributed by atoms with Gasteiger partial charge in [0.25, 0.3) is 0 Å². The Morgan fingerprint density at radius 2 is 1.30 bits per heavy atom. The number of Topliss-reactive ketones (excluding diaryl/α,β-unsaturated/α-hetero) is 1. The van der Waals surface area contributed by atoms with E-state index in [9.17, 15) is 4.79 Å². The maximum Gasteiger partial charge on any atom is 0.137 e. The molecule has 1 atom stereocenters. The Morgan fingerprint density at radius 1 is 0.800 bits per heavy atom. The monoisotopic (exact) mass is 283 g/mol. The van der Waals surface area contributed by atoms with Crippen LogP contribution in [0.3, 0.4) is 0 Å². The third-order valence-corrected chi connectivity index (χ3v) is 4.15. The molecule has 0 spiro atoms. The van der Waals surface area contributed by atoms with E-state index in [4.69, 9.17) is 5.73 Å². The quantitative estimate of drug-likeness (QED) is 0.418. The van der Waals surface area contributed by atoms with Gasteiger partial charge in [0.1, 0.15) is 5.78 Å². The lowest BCUT2D eigenvalue weighted by molar-refractivity contribution is -0.122. The first kappa shape index (κ1) is 19.6. The molecule has 20 heavy (non-hydrogen) atoms. The van der Waals surface area contributed by atoms with E-state index in [2.05, 4.69) is 13.8 Å². The van der Waals surface area contributed by atoms with Gasteiger partial charge in [0.05, 0.1) is 0 Å². The Labute approximate surface area is 126 Å². The van der Waals surface area contributed by atoms with Crippen LogP contribution >= 0.6 is 0 Å². The largest absolute Gasteiger partial charge is 0.330 e. The van der Waals surface area contributed by atoms with Gasteiger partial charge < -0.3 is 5.73 Å². The SMILES string of the molecule is CCCCCCCCCCCCC(=O)C(CN)CCC. The Bertz CT molecular complexity index is 215. The molecule has 0 aliphatic carbocycles. The average molecular weight is 284 g/mol. The second-order valence-corrected chi connectivity index (χ2v) is 6.12. The van der Waals surface area contributed by atoms with Crippen molar-refractivity contribution in [3.05, 3.63) is 0 Å². The Balaban J connectivity index is 3.32. The number of ketones is 1. The first-order chi connectivity index (χ1) is 9.76. The maximum atomic E-state index is 11.9. The predicted octanol–water partition coefficient (Wildman–Crippen LogP) is 5.24. The van der Waals surface area contributed by atoms with Crippen LogP contribution in [0.5, 0.6) is 0 Å². The second-order valence-electron chi connectivity index (χ2n) is 6.12. The van der Waals surface area contributed by atoms with E-state index >= 15 is 0 Å². The first-order valence-corrected chi connectivity index (χ1v) is 8.99. The number of nitrogens with two attached hydrogens (primary N) is 1. The fraction of sp³-hybridized carbons (Fsp3) is 0.944. The Kier molecular flexibility index (Phi) is 14.7. The standard InChI is InChI=1S/C18H37NO/c1-3-5-6-7-8-9-10-11-12-13-15-18(20)17(16-19)14-4-2/h17H,3-16,19H2,1-2H3. The van der Waals surface area contributed by atoms with Crippen molar-refractivity contribution in [2.45, 2.75) is 97.3 Å². The zero-order valence-electron chi connectivity index (χ0n) is 14.0. The first-order valence-electron chi connectivity index (χ1n) is 8.99. The van der Waals surface area contributed by atoms with Gasteiger partial charge in [-0.1, -0.05) is 78.1 Å². The van der Waals surface area contributed by atoms with Crippen LogP contribution in [0.4, 0.5) is 0 Å². The van der Waals surface area contributed by atoms with Gasteiger partial charge in [-0.25, -0.2) is 0 Å². The summed E-state index contributed by atoms with van der Waals surface area (Å²) in [6.45, 7) is 4.91. The summed E-state index contributed by atoms with van der Waals surface area (Å²) in [6.07, 6.45) is 16.0. The van der Waals surface area contributed by atoms with Gasteiger partial charge in [0.2, 0.25) is 0 Å². The van der Waals surface area contributed by atoms with Crippen molar-refractivity contribution in [2.75, 3.05) is 6.54 Å². The molecule has 120 valence electrons. The van der Waals surface area contributed by atoms with E-state index in [1.54, 1.807) is 0 Å². The molecule has 0 amide bonds. The van der Waals surface area contributed by atoms with E-state index in [0.717, 1.165) is 25.7 Å². The van der Waals surface area contributed by atoms with Gasteiger partial charge in [-0.15, -0.1) is 0 Å². The zero-order chi connectivity index (χ0) is 15.1. The lowest BCUT2D eigenvalue weighted by Crippen LogP contribution is -2.23. The van der Waals surface area contributed by atoms with Gasteiger partial charge >= 0.3 is 0 Å². The molecule has 0 aromatic heterocycles. The molecule has 0 aromatic rings. The van der Waals surface area contributed by atoms with E-state index < -0.39 is 0 Å². The number of hydrogen-bond donors (Lipinski definition) is 1. The van der Waals surface area contributed by atoms with Crippen molar-refractivity contribution in [3.63, 3.8) is 0 Å². The zero-order valence-corrected chi connectivity index (χ0v) is 14.0. The molecule has 1 unspecified atom stereocenters. The molecule has 0 aliphatic heterocycles. The summed E-state index contributed by atoms with van der Waals surface area (Å²) >= 11 is 0. The highest BCUT2D eigenvalue weighted by atomic mass is 16.1. The molecule has 0 aliphatic rings. The second kappa shape index (κ2) is 15.0. The fourth-order valence-electron chi connectivity index (χ4n) is 2.75. The fourth-order valence-corrected chi connectivity index (χ4v) is 2.75. The Morgan fingerprint density at radius 3 is 1.75 bits per heavy atom. The topological polar surface area (TPSA) is 43.1 Å². The summed E-state index contributed by atoms with van der Waals surface area (Å²) in [5, 5.41) is 0. The van der Waals surface area contributed by atoms with Crippen molar-refractivity contribution in [1.82, 2.24) is 0 Å². The molecule has 0 bridgehead atoms. The maximum absolute atomic E-state index is 11.9. The lowest BCUT2D eigenvalue weighted by Gasteiger charge is -2.11. The minimum absolute atomic E-state index is 0.124. The molecule has 2 nitrogen and oxygen atoms in total. The van der Waals surface area contributed by atoms with Crippen LogP contribution < -0.4 is 5.73 Å². The smallest absolute Gasteiger partial charge is 0.137 e. The van der Waals surface area contributed by atoms with E-state index in [1.165, 1.54) is 57.8 Å². The van der Waals surface area contributed by atoms with Crippen molar-refractivity contribution < 1.29 is 4.79 Å². The minimum Gasteiger partial charge on any atom is -0.330 e. The average Bonchev–Trinajstić information content (AvgIpc) is 2.46. The predicted molar refractivity (Wildman–Crippen MR) is 88.9 cm³/mol. The lowest BCUT2D eigenvalue weighted by atomic mass is 9.94. The number of carbonyl (C=O) groups excluding carboxylic acids is 1. The molecule has 0 radical (unpaired) electrons. The molecule has 2 N–H and O–H groups in total. The third kappa shape index (κ3) is 11.5. The van der Waals surface area contributed by atoms with Gasteiger partial charge in [-0.05, 0) is 12.8 Å². The number of rotatable bonds is 15. The van der Waals surface area contributed by atoms with Crippen molar-refractivity contribution in [3.8, 4) is 0 Å². The van der Waals surface area contributed by atoms with Crippen LogP contribution in [-0.4, -0.2) is 12.3 Å². The van der Waals surface area contributed by atoms with Gasteiger partial charge in [0, 0.05) is 18.9 Å². The van der Waals surface area contributed by atoms with E-state index in [1.807, 2.05) is 0 Å². The number of carbonyl (C=O) groups is 1. The summed E-state index contributed by atoms with van der Waals surface area (Å²) in [5.74, 6) is 0.521. The van der Waals surface area contributed by atoms with Gasteiger partial charge in [-0.2, -0.15) is 0 Å². The molecule has 0 saturated carbocycles. The van der Waals surface area contributed by atoms with Crippen LogP contribution in [0, 0.1) is 5.92 Å². The van der Waals surface area contributed by atoms with E-state index in [-0.39, 0.29) is 5.92 Å². The van der Waals surface area contributed by atoms with Crippen LogP contribution in [0.2, 0.25) is 0 Å². The molecule has 2 heteroatoms. The van der Waals surface area contributed by atoms with Gasteiger partial charge in [0.15, 0.2) is 0 Å². The normalized spacial score (nSPS) is 12.6. The summed E-state index contributed by atoms with van der Waals surface area (Å²) in [6, 6.07) is 0. The molecule has 0 rings (SSSR count). The van der Waals surface area contributed by atoms with Crippen LogP contribution in [0.25, 0.3) is 0 Å². The number of unbranched alkanes of at least 4 members (excludes halogenated alkanes) is 9. The van der Waals surface area contributed by atoms with Crippen LogP contribution in [-0.2, 0) is 4.79 Å². The van der Waals surface area contributed by atoms with Crippen molar-refractivity contribution in [2.24, 2.45) is 11.7 Å².